The molecular formula is C9H10N2O3. The fourth-order valence-corrected chi connectivity index (χ4v) is 1.39. The molecule has 0 aliphatic rings. The van der Waals surface area contributed by atoms with Gasteiger partial charge in [-0.15, -0.1) is 0 Å². The molecule has 0 saturated carbocycles. The predicted molar refractivity (Wildman–Crippen MR) is 52.0 cm³/mol. The number of hydrogen-bond acceptors (Lipinski definition) is 4. The maximum Gasteiger partial charge on any atom is 0.420 e. The van der Waals surface area contributed by atoms with Crippen molar-refractivity contribution in [1.29, 1.82) is 0 Å². The van der Waals surface area contributed by atoms with Gasteiger partial charge in [-0.3, -0.25) is 4.57 Å². The number of oxazole rings is 1. The Morgan fingerprint density at radius 3 is 3.00 bits per heavy atom. The number of anilines is 1. The van der Waals surface area contributed by atoms with Crippen LogP contribution in [-0.2, 0) is 6.54 Å². The van der Waals surface area contributed by atoms with Gasteiger partial charge in [-0.25, -0.2) is 4.79 Å². The topological polar surface area (TPSA) is 81.4 Å². The molecule has 0 aliphatic carbocycles. The highest BCUT2D eigenvalue weighted by Gasteiger charge is 2.07. The predicted octanol–water partition coefficient (Wildman–Crippen LogP) is 0.169. The second-order valence-corrected chi connectivity index (χ2v) is 2.97. The summed E-state index contributed by atoms with van der Waals surface area (Å²) in [5, 5.41) is 8.76. The van der Waals surface area contributed by atoms with Gasteiger partial charge in [-0.05, 0) is 18.2 Å². The maximum atomic E-state index is 11.3. The highest BCUT2D eigenvalue weighted by atomic mass is 16.4. The lowest BCUT2D eigenvalue weighted by atomic mass is 10.3. The van der Waals surface area contributed by atoms with Gasteiger partial charge < -0.3 is 15.3 Å². The third kappa shape index (κ3) is 1.27. The average molecular weight is 194 g/mol. The fourth-order valence-electron chi connectivity index (χ4n) is 1.39. The van der Waals surface area contributed by atoms with E-state index in [-0.39, 0.29) is 13.2 Å². The summed E-state index contributed by atoms with van der Waals surface area (Å²) in [7, 11) is 0. The van der Waals surface area contributed by atoms with Crippen molar-refractivity contribution in [3.05, 3.63) is 28.7 Å². The first kappa shape index (κ1) is 8.83. The molecular weight excluding hydrogens is 184 g/mol. The number of fused-ring (bicyclic) bond motifs is 1. The van der Waals surface area contributed by atoms with E-state index in [0.717, 1.165) is 0 Å². The number of aromatic nitrogens is 1. The normalized spacial score (nSPS) is 10.9. The van der Waals surface area contributed by atoms with Gasteiger partial charge in [-0.1, -0.05) is 0 Å². The number of hydrogen-bond donors (Lipinski definition) is 2. The van der Waals surface area contributed by atoms with Crippen LogP contribution in [0.3, 0.4) is 0 Å². The van der Waals surface area contributed by atoms with E-state index in [1.165, 1.54) is 4.57 Å². The second-order valence-electron chi connectivity index (χ2n) is 2.97. The SMILES string of the molecule is Nc1ccc2oc(=O)n(CCO)c2c1. The second kappa shape index (κ2) is 3.19. The monoisotopic (exact) mass is 194 g/mol. The van der Waals surface area contributed by atoms with Crippen LogP contribution in [0.15, 0.2) is 27.4 Å². The van der Waals surface area contributed by atoms with Gasteiger partial charge in [0.2, 0.25) is 0 Å². The van der Waals surface area contributed by atoms with Gasteiger partial charge in [0, 0.05) is 5.69 Å². The van der Waals surface area contributed by atoms with E-state index in [4.69, 9.17) is 15.3 Å². The van der Waals surface area contributed by atoms with Crippen LogP contribution in [0.2, 0.25) is 0 Å². The smallest absolute Gasteiger partial charge is 0.408 e. The minimum atomic E-state index is -0.473. The van der Waals surface area contributed by atoms with Crippen LogP contribution in [0.4, 0.5) is 5.69 Å². The zero-order valence-electron chi connectivity index (χ0n) is 7.43. The minimum Gasteiger partial charge on any atom is -0.408 e. The highest BCUT2D eigenvalue weighted by molar-refractivity contribution is 5.76. The van der Waals surface area contributed by atoms with Crippen LogP contribution < -0.4 is 11.5 Å². The summed E-state index contributed by atoms with van der Waals surface area (Å²) in [6, 6.07) is 4.95. The van der Waals surface area contributed by atoms with Crippen molar-refractivity contribution < 1.29 is 9.52 Å². The van der Waals surface area contributed by atoms with Crippen molar-refractivity contribution in [1.82, 2.24) is 4.57 Å². The van der Waals surface area contributed by atoms with Gasteiger partial charge >= 0.3 is 5.76 Å². The third-order valence-electron chi connectivity index (χ3n) is 2.02. The van der Waals surface area contributed by atoms with E-state index in [0.29, 0.717) is 16.8 Å². The lowest BCUT2D eigenvalue weighted by molar-refractivity contribution is 0.272. The Balaban J connectivity index is 2.73. The zero-order valence-corrected chi connectivity index (χ0v) is 7.43. The molecule has 0 radical (unpaired) electrons. The van der Waals surface area contributed by atoms with Crippen molar-refractivity contribution >= 4 is 16.8 Å². The van der Waals surface area contributed by atoms with Crippen LogP contribution >= 0.6 is 0 Å². The van der Waals surface area contributed by atoms with Gasteiger partial charge in [0.05, 0.1) is 18.7 Å². The summed E-state index contributed by atoms with van der Waals surface area (Å²) in [5.41, 5.74) is 7.24. The summed E-state index contributed by atoms with van der Waals surface area (Å²) in [5.74, 6) is -0.473. The Hall–Kier alpha value is -1.75. The van der Waals surface area contributed by atoms with Gasteiger partial charge in [0.15, 0.2) is 5.58 Å². The van der Waals surface area contributed by atoms with Crippen molar-refractivity contribution in [2.45, 2.75) is 6.54 Å². The van der Waals surface area contributed by atoms with E-state index in [1.807, 2.05) is 0 Å². The molecule has 0 fully saturated rings. The molecule has 14 heavy (non-hydrogen) atoms. The molecule has 74 valence electrons. The highest BCUT2D eigenvalue weighted by Crippen LogP contribution is 2.15. The van der Waals surface area contributed by atoms with E-state index in [9.17, 15) is 4.79 Å². The van der Waals surface area contributed by atoms with E-state index < -0.39 is 5.76 Å². The first-order valence-electron chi connectivity index (χ1n) is 4.22. The van der Waals surface area contributed by atoms with Gasteiger partial charge in [0.1, 0.15) is 0 Å². The molecule has 1 heterocycles. The molecule has 2 aromatic rings. The summed E-state index contributed by atoms with van der Waals surface area (Å²) < 4.78 is 6.30. The molecule has 0 bridgehead atoms. The largest absolute Gasteiger partial charge is 0.420 e. The molecule has 5 nitrogen and oxygen atoms in total. The quantitative estimate of drug-likeness (QED) is 0.667. The maximum absolute atomic E-state index is 11.3. The van der Waals surface area contributed by atoms with E-state index in [2.05, 4.69) is 0 Å². The van der Waals surface area contributed by atoms with Crippen LogP contribution in [0.25, 0.3) is 11.1 Å². The number of nitrogen functional groups attached to an aromatic ring is 1. The Morgan fingerprint density at radius 1 is 1.50 bits per heavy atom. The van der Waals surface area contributed by atoms with E-state index in [1.54, 1.807) is 18.2 Å². The summed E-state index contributed by atoms with van der Waals surface area (Å²) >= 11 is 0. The number of benzene rings is 1. The van der Waals surface area contributed by atoms with Crippen LogP contribution in [0.1, 0.15) is 0 Å². The molecule has 0 atom stereocenters. The van der Waals surface area contributed by atoms with E-state index >= 15 is 0 Å². The molecule has 2 rings (SSSR count). The van der Waals surface area contributed by atoms with Crippen molar-refractivity contribution in [2.75, 3.05) is 12.3 Å². The zero-order chi connectivity index (χ0) is 10.1. The summed E-state index contributed by atoms with van der Waals surface area (Å²) in [4.78, 5) is 11.3. The standard InChI is InChI=1S/C9H10N2O3/c10-6-1-2-8-7(5-6)11(3-4-12)9(13)14-8/h1-2,5,12H,3-4,10H2. The number of aliphatic hydroxyl groups excluding tert-OH is 1. The lowest BCUT2D eigenvalue weighted by Crippen LogP contribution is -2.16. The number of nitrogens with zero attached hydrogens (tertiary/aromatic N) is 1. The molecule has 0 aliphatic heterocycles. The Kier molecular flexibility index (Phi) is 2.01. The van der Waals surface area contributed by atoms with Crippen LogP contribution in [-0.4, -0.2) is 16.3 Å². The lowest BCUT2D eigenvalue weighted by Gasteiger charge is -1.98. The fraction of sp³-hybridized carbons (Fsp3) is 0.222. The minimum absolute atomic E-state index is 0.108. The molecule has 0 amide bonds. The van der Waals surface area contributed by atoms with Crippen molar-refractivity contribution in [2.24, 2.45) is 0 Å². The summed E-state index contributed by atoms with van der Waals surface area (Å²) in [6.07, 6.45) is 0. The van der Waals surface area contributed by atoms with Crippen LogP contribution in [0.5, 0.6) is 0 Å². The van der Waals surface area contributed by atoms with Gasteiger partial charge in [-0.2, -0.15) is 0 Å². The molecule has 0 unspecified atom stereocenters. The number of nitrogens with two attached hydrogens (primary N) is 1. The average Bonchev–Trinajstić information content (AvgIpc) is 2.45. The molecule has 0 saturated heterocycles. The third-order valence-corrected chi connectivity index (χ3v) is 2.02. The number of aliphatic hydroxyl groups is 1. The first-order valence-corrected chi connectivity index (χ1v) is 4.22. The first-order chi connectivity index (χ1) is 6.72. The number of rotatable bonds is 2. The Morgan fingerprint density at radius 2 is 2.29 bits per heavy atom. The Labute approximate surface area is 79.4 Å². The molecule has 3 N–H and O–H groups in total. The van der Waals surface area contributed by atoms with Crippen LogP contribution in [0, 0.1) is 0 Å². The molecule has 5 heteroatoms. The summed E-state index contributed by atoms with van der Waals surface area (Å²) in [6.45, 7) is 0.110. The van der Waals surface area contributed by atoms with Crippen molar-refractivity contribution in [3.63, 3.8) is 0 Å². The Bertz CT molecular complexity index is 512. The van der Waals surface area contributed by atoms with Crippen molar-refractivity contribution in [3.8, 4) is 0 Å². The molecule has 1 aromatic heterocycles. The molecule has 0 spiro atoms. The van der Waals surface area contributed by atoms with Gasteiger partial charge in [0.25, 0.3) is 0 Å². The molecule has 1 aromatic carbocycles.